The van der Waals surface area contributed by atoms with E-state index in [9.17, 15) is 18.0 Å². The highest BCUT2D eigenvalue weighted by atomic mass is 19.4. The van der Waals surface area contributed by atoms with Gasteiger partial charge in [-0.15, -0.1) is 0 Å². The molecule has 0 saturated heterocycles. The molecule has 2 atom stereocenters. The fraction of sp³-hybridized carbons (Fsp3) is 0.250. The van der Waals surface area contributed by atoms with Crippen LogP contribution >= 0.6 is 0 Å². The number of aromatic nitrogens is 3. The second-order valence-corrected chi connectivity index (χ2v) is 6.80. The Kier molecular flexibility index (Phi) is 4.96. The first-order chi connectivity index (χ1) is 13.9. The van der Waals surface area contributed by atoms with E-state index in [-0.39, 0.29) is 24.3 Å². The number of nitrogens with zero attached hydrogens (tertiary/aromatic N) is 3. The van der Waals surface area contributed by atoms with Crippen molar-refractivity contribution in [1.29, 1.82) is 0 Å². The molecular weight excluding hydrogens is 383 g/mol. The number of carbonyl (C=O) groups excluding carboxylic acids is 1. The lowest BCUT2D eigenvalue weighted by molar-refractivity contribution is -0.173. The number of rotatable bonds is 4. The minimum absolute atomic E-state index is 0.0658. The van der Waals surface area contributed by atoms with E-state index in [1.165, 1.54) is 6.20 Å². The molecule has 0 aliphatic carbocycles. The number of benzene rings is 1. The van der Waals surface area contributed by atoms with Gasteiger partial charge in [0.15, 0.2) is 6.04 Å². The van der Waals surface area contributed by atoms with Crippen LogP contribution < -0.4 is 10.6 Å². The number of pyridine rings is 1. The number of carbonyl (C=O) groups is 1. The van der Waals surface area contributed by atoms with Crippen LogP contribution in [0.1, 0.15) is 40.0 Å². The quantitative estimate of drug-likeness (QED) is 0.696. The third-order valence-electron chi connectivity index (χ3n) is 4.86. The van der Waals surface area contributed by atoms with Crippen molar-refractivity contribution in [1.82, 2.24) is 20.1 Å². The maximum absolute atomic E-state index is 13.7. The second kappa shape index (κ2) is 7.57. The van der Waals surface area contributed by atoms with Gasteiger partial charge in [0.2, 0.25) is 0 Å². The molecule has 9 heteroatoms. The highest BCUT2D eigenvalue weighted by Gasteiger charge is 2.47. The highest BCUT2D eigenvalue weighted by molar-refractivity contribution is 5.98. The first-order valence-corrected chi connectivity index (χ1v) is 9.06. The number of nitrogens with one attached hydrogen (secondary N) is 2. The molecule has 0 fully saturated rings. The van der Waals surface area contributed by atoms with E-state index in [4.69, 9.17) is 0 Å². The van der Waals surface area contributed by atoms with E-state index >= 15 is 0 Å². The number of alkyl halides is 3. The number of anilines is 1. The van der Waals surface area contributed by atoms with Crippen molar-refractivity contribution in [3.63, 3.8) is 0 Å². The van der Waals surface area contributed by atoms with Crippen molar-refractivity contribution < 1.29 is 18.0 Å². The number of amides is 1. The zero-order chi connectivity index (χ0) is 20.4. The molecule has 6 nitrogen and oxygen atoms in total. The summed E-state index contributed by atoms with van der Waals surface area (Å²) in [5, 5.41) is 9.65. The van der Waals surface area contributed by atoms with Gasteiger partial charge in [-0.3, -0.25) is 9.78 Å². The summed E-state index contributed by atoms with van der Waals surface area (Å²) < 4.78 is 41.9. The van der Waals surface area contributed by atoms with Crippen LogP contribution in [-0.2, 0) is 6.54 Å². The van der Waals surface area contributed by atoms with Crippen molar-refractivity contribution in [3.05, 3.63) is 77.7 Å². The van der Waals surface area contributed by atoms with Crippen molar-refractivity contribution in [3.8, 4) is 0 Å². The van der Waals surface area contributed by atoms with Gasteiger partial charge in [-0.2, -0.15) is 18.3 Å². The molecule has 1 aliphatic heterocycles. The van der Waals surface area contributed by atoms with Crippen molar-refractivity contribution in [2.45, 2.75) is 31.2 Å². The lowest BCUT2D eigenvalue weighted by Crippen LogP contribution is -2.36. The first-order valence-electron chi connectivity index (χ1n) is 9.06. The van der Waals surface area contributed by atoms with Gasteiger partial charge in [0.1, 0.15) is 11.4 Å². The smallest absolute Gasteiger partial charge is 0.363 e. The van der Waals surface area contributed by atoms with Gasteiger partial charge in [-0.05, 0) is 17.2 Å². The van der Waals surface area contributed by atoms with Gasteiger partial charge in [0, 0.05) is 25.4 Å². The Bertz CT molecular complexity index is 988. The van der Waals surface area contributed by atoms with E-state index in [2.05, 4.69) is 20.7 Å². The molecule has 0 saturated carbocycles. The van der Waals surface area contributed by atoms with Crippen LogP contribution in [0.15, 0.2) is 61.1 Å². The number of hydrogen-bond acceptors (Lipinski definition) is 4. The van der Waals surface area contributed by atoms with Crippen LogP contribution in [0.25, 0.3) is 0 Å². The van der Waals surface area contributed by atoms with Gasteiger partial charge in [-0.1, -0.05) is 36.4 Å². The summed E-state index contributed by atoms with van der Waals surface area (Å²) in [7, 11) is 0. The molecule has 3 heterocycles. The number of halogens is 3. The summed E-state index contributed by atoms with van der Waals surface area (Å²) >= 11 is 0. The molecule has 4 rings (SSSR count). The molecule has 1 aliphatic rings. The number of fused-ring (bicyclic) bond motifs is 1. The topological polar surface area (TPSA) is 71.8 Å². The Morgan fingerprint density at radius 2 is 1.97 bits per heavy atom. The molecule has 29 heavy (non-hydrogen) atoms. The van der Waals surface area contributed by atoms with Crippen LogP contribution in [0.3, 0.4) is 0 Å². The van der Waals surface area contributed by atoms with E-state index < -0.39 is 24.2 Å². The van der Waals surface area contributed by atoms with Gasteiger partial charge in [0.05, 0.1) is 12.2 Å². The average Bonchev–Trinajstić information content (AvgIpc) is 3.16. The normalized spacial score (nSPS) is 18.6. The molecule has 3 aromatic rings. The Labute approximate surface area is 164 Å². The largest absolute Gasteiger partial charge is 0.410 e. The van der Waals surface area contributed by atoms with Gasteiger partial charge in [0.25, 0.3) is 5.91 Å². The summed E-state index contributed by atoms with van der Waals surface area (Å²) in [4.78, 5) is 16.6. The van der Waals surface area contributed by atoms with Gasteiger partial charge < -0.3 is 10.6 Å². The molecule has 150 valence electrons. The summed E-state index contributed by atoms with van der Waals surface area (Å²) in [6.07, 6.45) is -0.299. The van der Waals surface area contributed by atoms with Gasteiger partial charge >= 0.3 is 6.18 Å². The van der Waals surface area contributed by atoms with Crippen molar-refractivity contribution >= 4 is 11.7 Å². The summed E-state index contributed by atoms with van der Waals surface area (Å²) in [5.41, 5.74) is 1.57. The standard InChI is InChI=1S/C20H18F3N5O/c21-20(22,23)17-9-16(14-6-2-1-3-7-14)27-18-15(12-26-28(17)18)19(29)25-11-13-5-4-8-24-10-13/h1-8,10,12,16-17,27H,9,11H2,(H,25,29)/t16-,17+/m0/s1. The zero-order valence-electron chi connectivity index (χ0n) is 15.2. The zero-order valence-corrected chi connectivity index (χ0v) is 15.2. The lowest BCUT2D eigenvalue weighted by Gasteiger charge is -2.34. The first kappa shape index (κ1) is 19.0. The van der Waals surface area contributed by atoms with Crippen LogP contribution in [0.2, 0.25) is 0 Å². The maximum Gasteiger partial charge on any atom is 0.410 e. The molecule has 2 aromatic heterocycles. The molecule has 0 bridgehead atoms. The maximum atomic E-state index is 13.7. The molecule has 0 spiro atoms. The molecule has 0 radical (unpaired) electrons. The monoisotopic (exact) mass is 401 g/mol. The van der Waals surface area contributed by atoms with Crippen LogP contribution in [0, 0.1) is 0 Å². The highest BCUT2D eigenvalue weighted by Crippen LogP contribution is 2.44. The van der Waals surface area contributed by atoms with Crippen LogP contribution in [0.4, 0.5) is 19.0 Å². The molecule has 0 unspecified atom stereocenters. The Morgan fingerprint density at radius 1 is 1.17 bits per heavy atom. The Balaban J connectivity index is 1.62. The fourth-order valence-corrected chi connectivity index (χ4v) is 3.41. The van der Waals surface area contributed by atoms with E-state index in [0.717, 1.165) is 15.8 Å². The van der Waals surface area contributed by atoms with Gasteiger partial charge in [-0.25, -0.2) is 4.68 Å². The lowest BCUT2D eigenvalue weighted by atomic mass is 9.96. The molecule has 2 N–H and O–H groups in total. The number of hydrogen-bond donors (Lipinski definition) is 2. The third-order valence-corrected chi connectivity index (χ3v) is 4.86. The SMILES string of the molecule is O=C(NCc1cccnc1)c1cnn2c1N[C@H](c1ccccc1)C[C@@H]2C(F)(F)F. The summed E-state index contributed by atoms with van der Waals surface area (Å²) in [5.74, 6) is -0.437. The summed E-state index contributed by atoms with van der Waals surface area (Å²) in [6.45, 7) is 0.210. The Hall–Kier alpha value is -3.36. The van der Waals surface area contributed by atoms with E-state index in [1.54, 1.807) is 54.9 Å². The van der Waals surface area contributed by atoms with Crippen LogP contribution in [0.5, 0.6) is 0 Å². The predicted octanol–water partition coefficient (Wildman–Crippen LogP) is 3.87. The molecular formula is C20H18F3N5O. The van der Waals surface area contributed by atoms with Crippen molar-refractivity contribution in [2.24, 2.45) is 0 Å². The minimum atomic E-state index is -4.49. The van der Waals surface area contributed by atoms with Crippen LogP contribution in [-0.4, -0.2) is 26.8 Å². The Morgan fingerprint density at radius 3 is 2.66 bits per heavy atom. The molecule has 1 aromatic carbocycles. The third kappa shape index (κ3) is 3.94. The minimum Gasteiger partial charge on any atom is -0.363 e. The van der Waals surface area contributed by atoms with Crippen molar-refractivity contribution in [2.75, 3.05) is 5.32 Å². The predicted molar refractivity (Wildman–Crippen MR) is 100 cm³/mol. The fourth-order valence-electron chi connectivity index (χ4n) is 3.41. The summed E-state index contributed by atoms with van der Waals surface area (Å²) in [6, 6.07) is 10.0. The second-order valence-electron chi connectivity index (χ2n) is 6.80. The molecule has 1 amide bonds. The van der Waals surface area contributed by atoms with E-state index in [1.807, 2.05) is 0 Å². The average molecular weight is 401 g/mol. The van der Waals surface area contributed by atoms with E-state index in [0.29, 0.717) is 0 Å².